The molecule has 98 valence electrons. The van der Waals surface area contributed by atoms with Gasteiger partial charge in [0.05, 0.1) is 24.4 Å². The zero-order valence-corrected chi connectivity index (χ0v) is 10.3. The number of fused-ring (bicyclic) bond motifs is 2. The van der Waals surface area contributed by atoms with E-state index in [1.807, 2.05) is 6.92 Å². The van der Waals surface area contributed by atoms with Crippen LogP contribution in [0, 0.1) is 5.82 Å². The van der Waals surface area contributed by atoms with Gasteiger partial charge in [0, 0.05) is 6.54 Å². The lowest BCUT2D eigenvalue weighted by Crippen LogP contribution is -2.31. The lowest BCUT2D eigenvalue weighted by atomic mass is 9.95. The summed E-state index contributed by atoms with van der Waals surface area (Å²) in [4.78, 5) is 8.03. The minimum atomic E-state index is -0.417. The largest absolute Gasteiger partial charge is 0.373 e. The molecule has 2 aliphatic rings. The van der Waals surface area contributed by atoms with E-state index in [0.29, 0.717) is 18.6 Å². The van der Waals surface area contributed by atoms with E-state index in [1.54, 1.807) is 0 Å². The molecule has 0 saturated carbocycles. The number of halogens is 1. The van der Waals surface area contributed by atoms with Gasteiger partial charge in [0.15, 0.2) is 11.6 Å². The molecule has 0 spiro atoms. The topological polar surface area (TPSA) is 59.1 Å². The van der Waals surface area contributed by atoms with Crippen LogP contribution in [0.2, 0.25) is 0 Å². The third-order valence-corrected chi connectivity index (χ3v) is 3.51. The van der Waals surface area contributed by atoms with Crippen molar-refractivity contribution in [1.29, 1.82) is 0 Å². The lowest BCUT2D eigenvalue weighted by Gasteiger charge is -2.20. The second-order valence-corrected chi connectivity index (χ2v) is 4.78. The second kappa shape index (κ2) is 4.68. The number of aromatic nitrogens is 2. The SMILES string of the molecule is CCNc1ncc(F)c(NC2CC3CCC2O3)n1. The highest BCUT2D eigenvalue weighted by atomic mass is 19.1. The quantitative estimate of drug-likeness (QED) is 0.855. The van der Waals surface area contributed by atoms with E-state index in [0.717, 1.165) is 19.3 Å². The summed E-state index contributed by atoms with van der Waals surface area (Å²) in [5, 5.41) is 6.12. The van der Waals surface area contributed by atoms with Gasteiger partial charge in [0.25, 0.3) is 0 Å². The maximum absolute atomic E-state index is 13.6. The molecular weight excluding hydrogens is 235 g/mol. The minimum Gasteiger partial charge on any atom is -0.373 e. The van der Waals surface area contributed by atoms with Gasteiger partial charge in [-0.05, 0) is 26.2 Å². The Morgan fingerprint density at radius 2 is 2.39 bits per heavy atom. The fourth-order valence-corrected chi connectivity index (χ4v) is 2.68. The van der Waals surface area contributed by atoms with E-state index < -0.39 is 5.82 Å². The summed E-state index contributed by atoms with van der Waals surface area (Å²) in [6.07, 6.45) is 4.84. The smallest absolute Gasteiger partial charge is 0.224 e. The molecular formula is C12H17FN4O. The van der Waals surface area contributed by atoms with E-state index in [-0.39, 0.29) is 18.0 Å². The predicted molar refractivity (Wildman–Crippen MR) is 66.1 cm³/mol. The highest BCUT2D eigenvalue weighted by Gasteiger charge is 2.41. The van der Waals surface area contributed by atoms with Crippen LogP contribution in [0.25, 0.3) is 0 Å². The average molecular weight is 252 g/mol. The first-order valence-electron chi connectivity index (χ1n) is 6.44. The van der Waals surface area contributed by atoms with Crippen LogP contribution in [-0.2, 0) is 4.74 Å². The molecule has 5 nitrogen and oxygen atoms in total. The van der Waals surface area contributed by atoms with Crippen molar-refractivity contribution >= 4 is 11.8 Å². The number of anilines is 2. The van der Waals surface area contributed by atoms with E-state index in [2.05, 4.69) is 20.6 Å². The summed E-state index contributed by atoms with van der Waals surface area (Å²) in [5.74, 6) is 0.298. The summed E-state index contributed by atoms with van der Waals surface area (Å²) in [6, 6.07) is 0.169. The molecule has 3 heterocycles. The normalized spacial score (nSPS) is 29.6. The molecule has 3 unspecified atom stereocenters. The Morgan fingerprint density at radius 3 is 3.06 bits per heavy atom. The molecule has 2 aliphatic heterocycles. The number of nitrogens with zero attached hydrogens (tertiary/aromatic N) is 2. The molecule has 1 aromatic heterocycles. The fraction of sp³-hybridized carbons (Fsp3) is 0.667. The van der Waals surface area contributed by atoms with E-state index >= 15 is 0 Å². The van der Waals surface area contributed by atoms with Gasteiger partial charge in [0.2, 0.25) is 5.95 Å². The van der Waals surface area contributed by atoms with Crippen molar-refractivity contribution in [2.75, 3.05) is 17.2 Å². The second-order valence-electron chi connectivity index (χ2n) is 4.78. The van der Waals surface area contributed by atoms with Gasteiger partial charge in [-0.3, -0.25) is 0 Å². The maximum Gasteiger partial charge on any atom is 0.224 e. The molecule has 0 aromatic carbocycles. The van der Waals surface area contributed by atoms with Crippen molar-refractivity contribution in [3.63, 3.8) is 0 Å². The molecule has 18 heavy (non-hydrogen) atoms. The zero-order chi connectivity index (χ0) is 12.5. The summed E-state index contributed by atoms with van der Waals surface area (Å²) < 4.78 is 19.4. The molecule has 2 fully saturated rings. The van der Waals surface area contributed by atoms with Gasteiger partial charge in [-0.25, -0.2) is 9.37 Å². The lowest BCUT2D eigenvalue weighted by molar-refractivity contribution is 0.102. The van der Waals surface area contributed by atoms with E-state index in [1.165, 1.54) is 6.20 Å². The van der Waals surface area contributed by atoms with Crippen LogP contribution in [0.15, 0.2) is 6.20 Å². The molecule has 3 atom stereocenters. The molecule has 2 saturated heterocycles. The molecule has 0 amide bonds. The minimum absolute atomic E-state index is 0.169. The van der Waals surface area contributed by atoms with Crippen molar-refractivity contribution in [1.82, 2.24) is 9.97 Å². The molecule has 1 aromatic rings. The molecule has 2 bridgehead atoms. The Bertz CT molecular complexity index is 442. The first kappa shape index (κ1) is 11.6. The van der Waals surface area contributed by atoms with Crippen molar-refractivity contribution in [3.8, 4) is 0 Å². The summed E-state index contributed by atoms with van der Waals surface area (Å²) in [5.41, 5.74) is 0. The van der Waals surface area contributed by atoms with Crippen LogP contribution in [0.3, 0.4) is 0 Å². The van der Waals surface area contributed by atoms with Crippen molar-refractivity contribution in [2.45, 2.75) is 44.4 Å². The Morgan fingerprint density at radius 1 is 1.50 bits per heavy atom. The van der Waals surface area contributed by atoms with Crippen LogP contribution in [0.4, 0.5) is 16.2 Å². The zero-order valence-electron chi connectivity index (χ0n) is 10.3. The predicted octanol–water partition coefficient (Wildman–Crippen LogP) is 1.78. The highest BCUT2D eigenvalue weighted by molar-refractivity contribution is 5.42. The van der Waals surface area contributed by atoms with Crippen LogP contribution in [-0.4, -0.2) is 34.8 Å². The number of ether oxygens (including phenoxy) is 1. The molecule has 6 heteroatoms. The Labute approximate surface area is 105 Å². The third kappa shape index (κ3) is 2.12. The fourth-order valence-electron chi connectivity index (χ4n) is 2.68. The van der Waals surface area contributed by atoms with Gasteiger partial charge in [0.1, 0.15) is 0 Å². The molecule has 0 aliphatic carbocycles. The molecule has 3 rings (SSSR count). The summed E-state index contributed by atoms with van der Waals surface area (Å²) in [6.45, 7) is 2.66. The van der Waals surface area contributed by atoms with Crippen molar-refractivity contribution < 1.29 is 9.13 Å². The van der Waals surface area contributed by atoms with Gasteiger partial charge in [-0.15, -0.1) is 0 Å². The van der Waals surface area contributed by atoms with Gasteiger partial charge < -0.3 is 15.4 Å². The van der Waals surface area contributed by atoms with Crippen LogP contribution >= 0.6 is 0 Å². The first-order chi connectivity index (χ1) is 8.76. The third-order valence-electron chi connectivity index (χ3n) is 3.51. The maximum atomic E-state index is 13.6. The summed E-state index contributed by atoms with van der Waals surface area (Å²) >= 11 is 0. The summed E-state index contributed by atoms with van der Waals surface area (Å²) in [7, 11) is 0. The standard InChI is InChI=1S/C12H17FN4O/c1-2-14-12-15-6-8(13)11(17-12)16-9-5-7-3-4-10(9)18-7/h6-7,9-10H,2-5H2,1H3,(H2,14,15,16,17). The molecule has 2 N–H and O–H groups in total. The van der Waals surface area contributed by atoms with Gasteiger partial charge in [-0.1, -0.05) is 0 Å². The molecule has 0 radical (unpaired) electrons. The highest BCUT2D eigenvalue weighted by Crippen LogP contribution is 2.36. The van der Waals surface area contributed by atoms with Crippen LogP contribution < -0.4 is 10.6 Å². The average Bonchev–Trinajstić information content (AvgIpc) is 2.96. The number of hydrogen-bond donors (Lipinski definition) is 2. The van der Waals surface area contributed by atoms with Crippen LogP contribution in [0.5, 0.6) is 0 Å². The van der Waals surface area contributed by atoms with Gasteiger partial charge >= 0.3 is 0 Å². The van der Waals surface area contributed by atoms with Gasteiger partial charge in [-0.2, -0.15) is 4.98 Å². The Kier molecular flexibility index (Phi) is 3.03. The van der Waals surface area contributed by atoms with Crippen molar-refractivity contribution in [2.24, 2.45) is 0 Å². The monoisotopic (exact) mass is 252 g/mol. The van der Waals surface area contributed by atoms with Crippen molar-refractivity contribution in [3.05, 3.63) is 12.0 Å². The van der Waals surface area contributed by atoms with E-state index in [4.69, 9.17) is 4.74 Å². The number of hydrogen-bond acceptors (Lipinski definition) is 5. The Hall–Kier alpha value is -1.43. The first-order valence-corrected chi connectivity index (χ1v) is 6.44. The van der Waals surface area contributed by atoms with Crippen LogP contribution in [0.1, 0.15) is 26.2 Å². The Balaban J connectivity index is 1.73. The van der Waals surface area contributed by atoms with E-state index in [9.17, 15) is 4.39 Å². The number of rotatable bonds is 4. The number of nitrogens with one attached hydrogen (secondary N) is 2.